The molecule has 0 amide bonds. The highest BCUT2D eigenvalue weighted by Gasteiger charge is 2.24. The molecule has 0 aliphatic rings. The van der Waals surface area contributed by atoms with Crippen molar-refractivity contribution >= 4 is 0 Å². The Morgan fingerprint density at radius 2 is 1.84 bits per heavy atom. The average molecular weight is 267 g/mol. The molecular formula is C16H23F2N. The van der Waals surface area contributed by atoms with Crippen molar-refractivity contribution in [2.24, 2.45) is 5.41 Å². The Bertz CT molecular complexity index is 449. The van der Waals surface area contributed by atoms with Gasteiger partial charge in [-0.3, -0.25) is 0 Å². The first kappa shape index (κ1) is 15.8. The molecule has 0 heterocycles. The molecule has 1 aromatic rings. The lowest BCUT2D eigenvalue weighted by Crippen LogP contribution is -2.43. The van der Waals surface area contributed by atoms with Gasteiger partial charge < -0.3 is 5.32 Å². The summed E-state index contributed by atoms with van der Waals surface area (Å²) >= 11 is 0. The number of halogens is 2. The van der Waals surface area contributed by atoms with E-state index in [1.165, 1.54) is 12.1 Å². The van der Waals surface area contributed by atoms with Crippen LogP contribution in [-0.2, 0) is 6.42 Å². The number of hydrogen-bond donors (Lipinski definition) is 1. The third kappa shape index (κ3) is 5.11. The molecule has 0 bridgehead atoms. The van der Waals surface area contributed by atoms with Crippen LogP contribution in [0, 0.1) is 17.0 Å². The van der Waals surface area contributed by atoms with E-state index in [2.05, 4.69) is 32.7 Å². The minimum Gasteiger partial charge on any atom is -0.311 e. The minimum atomic E-state index is -0.411. The molecule has 1 atom stereocenters. The summed E-state index contributed by atoms with van der Waals surface area (Å²) in [6.45, 7) is 12.7. The van der Waals surface area contributed by atoms with Crippen LogP contribution in [0.2, 0.25) is 0 Å². The van der Waals surface area contributed by atoms with Gasteiger partial charge in [0.15, 0.2) is 0 Å². The van der Waals surface area contributed by atoms with Crippen molar-refractivity contribution < 1.29 is 8.78 Å². The Morgan fingerprint density at radius 1 is 1.21 bits per heavy atom. The van der Waals surface area contributed by atoms with Crippen LogP contribution in [0.4, 0.5) is 8.78 Å². The lowest BCUT2D eigenvalue weighted by molar-refractivity contribution is 0.319. The van der Waals surface area contributed by atoms with Crippen LogP contribution in [-0.4, -0.2) is 12.1 Å². The van der Waals surface area contributed by atoms with Gasteiger partial charge in [-0.05, 0) is 51.0 Å². The van der Waals surface area contributed by atoms with Gasteiger partial charge in [-0.15, -0.1) is 6.58 Å². The number of hydrogen-bond acceptors (Lipinski definition) is 1. The first-order valence-electron chi connectivity index (χ1n) is 6.48. The number of benzene rings is 1. The van der Waals surface area contributed by atoms with E-state index < -0.39 is 5.82 Å². The zero-order valence-electron chi connectivity index (χ0n) is 12.2. The molecule has 0 radical (unpaired) electrons. The van der Waals surface area contributed by atoms with Gasteiger partial charge in [-0.1, -0.05) is 13.0 Å². The fourth-order valence-corrected chi connectivity index (χ4v) is 1.79. The summed E-state index contributed by atoms with van der Waals surface area (Å²) < 4.78 is 26.9. The maximum Gasteiger partial charge on any atom is 0.126 e. The highest BCUT2D eigenvalue weighted by molar-refractivity contribution is 5.21. The zero-order chi connectivity index (χ0) is 14.7. The van der Waals surface area contributed by atoms with Crippen molar-refractivity contribution in [1.29, 1.82) is 0 Å². The van der Waals surface area contributed by atoms with E-state index in [9.17, 15) is 8.78 Å². The van der Waals surface area contributed by atoms with Crippen LogP contribution in [0.3, 0.4) is 0 Å². The van der Waals surface area contributed by atoms with Crippen molar-refractivity contribution in [3.05, 3.63) is 48.1 Å². The SMILES string of the molecule is C=CC(C)(CNC(C)(C)C)Cc1cc(F)ccc1F. The van der Waals surface area contributed by atoms with Crippen molar-refractivity contribution in [3.8, 4) is 0 Å². The standard InChI is InChI=1S/C16H23F2N/c1-6-16(5,11-19-15(2,3)4)10-12-9-13(17)7-8-14(12)18/h6-9,19H,1,10-11H2,2-5H3. The molecule has 1 nitrogen and oxygen atoms in total. The molecular weight excluding hydrogens is 244 g/mol. The van der Waals surface area contributed by atoms with Crippen LogP contribution in [0.15, 0.2) is 30.9 Å². The highest BCUT2D eigenvalue weighted by atomic mass is 19.1. The Labute approximate surface area is 114 Å². The summed E-state index contributed by atoms with van der Waals surface area (Å²) in [5.41, 5.74) is 0.0465. The summed E-state index contributed by atoms with van der Waals surface area (Å²) in [6.07, 6.45) is 2.22. The lowest BCUT2D eigenvalue weighted by Gasteiger charge is -2.31. The molecule has 0 saturated heterocycles. The van der Waals surface area contributed by atoms with Gasteiger partial charge >= 0.3 is 0 Å². The largest absolute Gasteiger partial charge is 0.311 e. The summed E-state index contributed by atoms with van der Waals surface area (Å²) in [5, 5.41) is 3.38. The Balaban J connectivity index is 2.85. The second kappa shape index (κ2) is 5.83. The molecule has 0 fully saturated rings. The van der Waals surface area contributed by atoms with E-state index in [-0.39, 0.29) is 16.8 Å². The summed E-state index contributed by atoms with van der Waals surface area (Å²) in [7, 11) is 0. The lowest BCUT2D eigenvalue weighted by atomic mass is 9.83. The first-order chi connectivity index (χ1) is 8.65. The summed E-state index contributed by atoms with van der Waals surface area (Å²) in [5.74, 6) is -0.781. The van der Waals surface area contributed by atoms with Gasteiger partial charge in [-0.25, -0.2) is 8.78 Å². The number of rotatable bonds is 5. The highest BCUT2D eigenvalue weighted by Crippen LogP contribution is 2.26. The smallest absolute Gasteiger partial charge is 0.126 e. The monoisotopic (exact) mass is 267 g/mol. The summed E-state index contributed by atoms with van der Waals surface area (Å²) in [6, 6.07) is 3.57. The Morgan fingerprint density at radius 3 is 2.37 bits per heavy atom. The molecule has 0 aromatic heterocycles. The zero-order valence-corrected chi connectivity index (χ0v) is 12.2. The third-order valence-electron chi connectivity index (χ3n) is 3.12. The number of nitrogens with one attached hydrogen (secondary N) is 1. The van der Waals surface area contributed by atoms with E-state index in [0.717, 1.165) is 6.07 Å². The van der Waals surface area contributed by atoms with Gasteiger partial charge in [0, 0.05) is 17.5 Å². The average Bonchev–Trinajstić information content (AvgIpc) is 2.31. The van der Waals surface area contributed by atoms with Gasteiger partial charge in [0.25, 0.3) is 0 Å². The van der Waals surface area contributed by atoms with Crippen LogP contribution >= 0.6 is 0 Å². The van der Waals surface area contributed by atoms with Gasteiger partial charge in [0.2, 0.25) is 0 Å². The quantitative estimate of drug-likeness (QED) is 0.792. The van der Waals surface area contributed by atoms with Crippen molar-refractivity contribution in [3.63, 3.8) is 0 Å². The molecule has 1 aromatic carbocycles. The fourth-order valence-electron chi connectivity index (χ4n) is 1.79. The molecule has 0 spiro atoms. The fraction of sp³-hybridized carbons (Fsp3) is 0.500. The maximum absolute atomic E-state index is 13.7. The first-order valence-corrected chi connectivity index (χ1v) is 6.48. The normalized spacial score (nSPS) is 15.1. The Kier molecular flexibility index (Phi) is 4.86. The van der Waals surface area contributed by atoms with E-state index in [1.807, 2.05) is 6.92 Å². The second-order valence-electron chi connectivity index (χ2n) is 6.37. The van der Waals surface area contributed by atoms with Gasteiger partial charge in [-0.2, -0.15) is 0 Å². The van der Waals surface area contributed by atoms with Crippen LogP contribution in [0.5, 0.6) is 0 Å². The van der Waals surface area contributed by atoms with Crippen molar-refractivity contribution in [1.82, 2.24) is 5.32 Å². The van der Waals surface area contributed by atoms with E-state index in [1.54, 1.807) is 6.08 Å². The van der Waals surface area contributed by atoms with E-state index in [0.29, 0.717) is 18.5 Å². The molecule has 0 saturated carbocycles. The third-order valence-corrected chi connectivity index (χ3v) is 3.12. The van der Waals surface area contributed by atoms with E-state index in [4.69, 9.17) is 0 Å². The minimum absolute atomic E-state index is 0.0231. The topological polar surface area (TPSA) is 12.0 Å². The molecule has 0 aliphatic carbocycles. The molecule has 3 heteroatoms. The van der Waals surface area contributed by atoms with Crippen LogP contribution in [0.1, 0.15) is 33.3 Å². The molecule has 1 rings (SSSR count). The van der Waals surface area contributed by atoms with Crippen molar-refractivity contribution in [2.75, 3.05) is 6.54 Å². The van der Waals surface area contributed by atoms with Crippen molar-refractivity contribution in [2.45, 2.75) is 39.7 Å². The molecule has 0 aliphatic heterocycles. The summed E-state index contributed by atoms with van der Waals surface area (Å²) in [4.78, 5) is 0. The van der Waals surface area contributed by atoms with Gasteiger partial charge in [0.05, 0.1) is 0 Å². The Hall–Kier alpha value is -1.22. The molecule has 1 unspecified atom stereocenters. The molecule has 106 valence electrons. The maximum atomic E-state index is 13.7. The van der Waals surface area contributed by atoms with Gasteiger partial charge in [0.1, 0.15) is 11.6 Å². The van der Waals surface area contributed by atoms with Crippen LogP contribution < -0.4 is 5.32 Å². The predicted octanol–water partition coefficient (Wildman–Crippen LogP) is 4.09. The molecule has 1 N–H and O–H groups in total. The second-order valence-corrected chi connectivity index (χ2v) is 6.37. The van der Waals surface area contributed by atoms with Crippen LogP contribution in [0.25, 0.3) is 0 Å². The van der Waals surface area contributed by atoms with E-state index >= 15 is 0 Å². The predicted molar refractivity (Wildman–Crippen MR) is 76.1 cm³/mol. The molecule has 19 heavy (non-hydrogen) atoms.